The molecule has 0 saturated carbocycles. The molecule has 2 aromatic carbocycles. The summed E-state index contributed by atoms with van der Waals surface area (Å²) in [7, 11) is -1.82. The number of benzene rings is 2. The maximum Gasteiger partial charge on any atom is 0.229 e. The second-order valence-electron chi connectivity index (χ2n) is 6.12. The Morgan fingerprint density at radius 3 is 2.46 bits per heavy atom. The zero-order valence-corrected chi connectivity index (χ0v) is 16.2. The van der Waals surface area contributed by atoms with Crippen LogP contribution in [0.15, 0.2) is 65.8 Å². The third-order valence-electron chi connectivity index (χ3n) is 4.04. The summed E-state index contributed by atoms with van der Waals surface area (Å²) in [5.74, 6) is 0.703. The van der Waals surface area contributed by atoms with Gasteiger partial charge in [-0.1, -0.05) is 18.2 Å². The largest absolute Gasteiger partial charge is 0.497 e. The van der Waals surface area contributed by atoms with Crippen molar-refractivity contribution >= 4 is 21.6 Å². The fraction of sp³-hybridized carbons (Fsp3) is 0.150. The monoisotopic (exact) mass is 397 g/mol. The summed E-state index contributed by atoms with van der Waals surface area (Å²) in [5.41, 5.74) is 1.93. The third-order valence-corrected chi connectivity index (χ3v) is 5.24. The molecule has 1 N–H and O–H groups in total. The first-order chi connectivity index (χ1) is 13.4. The van der Waals surface area contributed by atoms with Gasteiger partial charge in [0, 0.05) is 17.9 Å². The number of hydrogen-bond donors (Lipinski definition) is 1. The summed E-state index contributed by atoms with van der Waals surface area (Å²) in [6, 6.07) is 15.4. The molecular weight excluding hydrogens is 378 g/mol. The molecule has 0 saturated heterocycles. The molecular formula is C20H19N3O4S. The third kappa shape index (κ3) is 4.72. The maximum absolute atomic E-state index is 12.4. The Balaban J connectivity index is 1.77. The van der Waals surface area contributed by atoms with Gasteiger partial charge < -0.3 is 10.1 Å². The highest BCUT2D eigenvalue weighted by Gasteiger charge is 2.15. The molecule has 8 heteroatoms. The molecule has 0 unspecified atom stereocenters. The summed E-state index contributed by atoms with van der Waals surface area (Å²) < 4.78 is 28.9. The van der Waals surface area contributed by atoms with Gasteiger partial charge in [0.15, 0.2) is 9.84 Å². The van der Waals surface area contributed by atoms with Crippen molar-refractivity contribution in [3.8, 4) is 17.0 Å². The molecule has 1 amide bonds. The van der Waals surface area contributed by atoms with Crippen molar-refractivity contribution in [2.24, 2.45) is 0 Å². The van der Waals surface area contributed by atoms with E-state index in [9.17, 15) is 13.2 Å². The quantitative estimate of drug-likeness (QED) is 0.687. The number of nitrogens with zero attached hydrogens (tertiary/aromatic N) is 2. The number of nitrogens with one attached hydrogen (secondary N) is 1. The number of amides is 1. The SMILES string of the molecule is COc1ccc(-c2cc(NC(=O)Cc3ccccc3S(C)(=O)=O)ncn2)cc1. The zero-order chi connectivity index (χ0) is 20.1. The van der Waals surface area contributed by atoms with Crippen LogP contribution >= 0.6 is 0 Å². The van der Waals surface area contributed by atoms with E-state index in [-0.39, 0.29) is 17.2 Å². The Bertz CT molecular complexity index is 1100. The van der Waals surface area contributed by atoms with E-state index in [1.165, 1.54) is 12.4 Å². The summed E-state index contributed by atoms with van der Waals surface area (Å²) in [5, 5.41) is 2.69. The minimum atomic E-state index is -3.42. The first kappa shape index (κ1) is 19.5. The summed E-state index contributed by atoms with van der Waals surface area (Å²) in [4.78, 5) is 20.8. The molecule has 0 atom stereocenters. The predicted octanol–water partition coefficient (Wildman–Crippen LogP) is 2.74. The van der Waals surface area contributed by atoms with Gasteiger partial charge in [0.05, 0.1) is 24.1 Å². The van der Waals surface area contributed by atoms with Crippen molar-refractivity contribution in [3.63, 3.8) is 0 Å². The van der Waals surface area contributed by atoms with Gasteiger partial charge >= 0.3 is 0 Å². The molecule has 7 nitrogen and oxygen atoms in total. The van der Waals surface area contributed by atoms with E-state index < -0.39 is 9.84 Å². The van der Waals surface area contributed by atoms with Crippen LogP contribution < -0.4 is 10.1 Å². The number of aromatic nitrogens is 2. The Kier molecular flexibility index (Phi) is 5.70. The van der Waals surface area contributed by atoms with E-state index in [1.807, 2.05) is 24.3 Å². The number of carbonyl (C=O) groups is 1. The van der Waals surface area contributed by atoms with Crippen LogP contribution in [0.4, 0.5) is 5.82 Å². The first-order valence-corrected chi connectivity index (χ1v) is 10.3. The topological polar surface area (TPSA) is 98.2 Å². The molecule has 0 bridgehead atoms. The van der Waals surface area contributed by atoms with Crippen LogP contribution in [0.5, 0.6) is 5.75 Å². The second kappa shape index (κ2) is 8.18. The molecule has 0 aliphatic carbocycles. The van der Waals surface area contributed by atoms with Crippen LogP contribution in [0.1, 0.15) is 5.56 Å². The number of methoxy groups -OCH3 is 1. The summed E-state index contributed by atoms with van der Waals surface area (Å²) >= 11 is 0. The second-order valence-corrected chi connectivity index (χ2v) is 8.11. The predicted molar refractivity (Wildman–Crippen MR) is 106 cm³/mol. The molecule has 0 aliphatic heterocycles. The van der Waals surface area contributed by atoms with Crippen molar-refractivity contribution in [2.75, 3.05) is 18.7 Å². The van der Waals surface area contributed by atoms with Crippen LogP contribution in [-0.2, 0) is 21.1 Å². The fourth-order valence-electron chi connectivity index (χ4n) is 2.72. The molecule has 144 valence electrons. The molecule has 0 spiro atoms. The molecule has 1 heterocycles. The van der Waals surface area contributed by atoms with Gasteiger partial charge in [-0.25, -0.2) is 18.4 Å². The van der Waals surface area contributed by atoms with E-state index in [2.05, 4.69) is 15.3 Å². The van der Waals surface area contributed by atoms with Crippen molar-refractivity contribution in [2.45, 2.75) is 11.3 Å². The molecule has 0 radical (unpaired) electrons. The van der Waals surface area contributed by atoms with Crippen molar-refractivity contribution in [1.82, 2.24) is 9.97 Å². The average Bonchev–Trinajstić information content (AvgIpc) is 2.68. The van der Waals surface area contributed by atoms with Crippen LogP contribution in [0.3, 0.4) is 0 Å². The van der Waals surface area contributed by atoms with E-state index in [0.29, 0.717) is 17.1 Å². The van der Waals surface area contributed by atoms with E-state index in [0.717, 1.165) is 17.6 Å². The lowest BCUT2D eigenvalue weighted by molar-refractivity contribution is -0.115. The molecule has 1 aromatic heterocycles. The van der Waals surface area contributed by atoms with Gasteiger partial charge in [-0.3, -0.25) is 4.79 Å². The highest BCUT2D eigenvalue weighted by Crippen LogP contribution is 2.22. The Hall–Kier alpha value is -3.26. The van der Waals surface area contributed by atoms with E-state index >= 15 is 0 Å². The Labute approximate surface area is 163 Å². The molecule has 28 heavy (non-hydrogen) atoms. The lowest BCUT2D eigenvalue weighted by Crippen LogP contribution is -2.17. The van der Waals surface area contributed by atoms with Crippen LogP contribution in [0.2, 0.25) is 0 Å². The minimum absolute atomic E-state index is 0.0783. The number of sulfone groups is 1. The van der Waals surface area contributed by atoms with Crippen LogP contribution in [0.25, 0.3) is 11.3 Å². The number of carbonyl (C=O) groups excluding carboxylic acids is 1. The Morgan fingerprint density at radius 1 is 1.07 bits per heavy atom. The van der Waals surface area contributed by atoms with Gasteiger partial charge in [0.25, 0.3) is 0 Å². The number of ether oxygens (including phenoxy) is 1. The number of anilines is 1. The Morgan fingerprint density at radius 2 is 1.79 bits per heavy atom. The first-order valence-electron chi connectivity index (χ1n) is 8.41. The lowest BCUT2D eigenvalue weighted by Gasteiger charge is -2.09. The van der Waals surface area contributed by atoms with Crippen LogP contribution in [-0.4, -0.2) is 37.7 Å². The standard InChI is InChI=1S/C20H19N3O4S/c1-27-16-9-7-14(8-10-16)17-12-19(22-13-21-17)23-20(24)11-15-5-3-4-6-18(15)28(2,25)26/h3-10,12-13H,11H2,1-2H3,(H,21,22,23,24). The van der Waals surface area contributed by atoms with Gasteiger partial charge in [-0.05, 0) is 35.9 Å². The van der Waals surface area contributed by atoms with Crippen molar-refractivity contribution < 1.29 is 17.9 Å². The molecule has 0 aliphatic rings. The lowest BCUT2D eigenvalue weighted by atomic mass is 10.1. The van der Waals surface area contributed by atoms with E-state index in [4.69, 9.17) is 4.74 Å². The number of rotatable bonds is 6. The highest BCUT2D eigenvalue weighted by atomic mass is 32.2. The summed E-state index contributed by atoms with van der Waals surface area (Å²) in [6.07, 6.45) is 2.40. The van der Waals surface area contributed by atoms with Gasteiger partial charge in [0.1, 0.15) is 17.9 Å². The summed E-state index contributed by atoms with van der Waals surface area (Å²) in [6.45, 7) is 0. The fourth-order valence-corrected chi connectivity index (χ4v) is 3.66. The van der Waals surface area contributed by atoms with Crippen molar-refractivity contribution in [1.29, 1.82) is 0 Å². The van der Waals surface area contributed by atoms with Gasteiger partial charge in [0.2, 0.25) is 5.91 Å². The molecule has 3 aromatic rings. The minimum Gasteiger partial charge on any atom is -0.497 e. The van der Waals surface area contributed by atoms with Gasteiger partial charge in [-0.15, -0.1) is 0 Å². The maximum atomic E-state index is 12.4. The van der Waals surface area contributed by atoms with Crippen molar-refractivity contribution in [3.05, 3.63) is 66.5 Å². The van der Waals surface area contributed by atoms with Crippen LogP contribution in [0, 0.1) is 0 Å². The highest BCUT2D eigenvalue weighted by molar-refractivity contribution is 7.90. The smallest absolute Gasteiger partial charge is 0.229 e. The van der Waals surface area contributed by atoms with Gasteiger partial charge in [-0.2, -0.15) is 0 Å². The molecule has 3 rings (SSSR count). The van der Waals surface area contributed by atoms with E-state index in [1.54, 1.807) is 31.4 Å². The average molecular weight is 397 g/mol. The number of hydrogen-bond acceptors (Lipinski definition) is 6. The normalized spacial score (nSPS) is 11.1. The zero-order valence-electron chi connectivity index (χ0n) is 15.4. The molecule has 0 fully saturated rings.